The summed E-state index contributed by atoms with van der Waals surface area (Å²) in [5.74, 6) is -0.467. The molecule has 3 aromatic rings. The zero-order chi connectivity index (χ0) is 12.5. The molecule has 0 aliphatic heterocycles. The largest absolute Gasteiger partial charge is 0.417 e. The second-order valence-corrected chi connectivity index (χ2v) is 4.63. The molecule has 0 aliphatic rings. The standard InChI is InChI=1S/C12H7N3O2S/c13-4-3-11-14-9(6-18-11)7-1-2-10-8(5-7)15-12(16)17-10/h1-2,5-6H,3H2,(H,15,16). The number of hydrogen-bond donors (Lipinski definition) is 1. The normalized spacial score (nSPS) is 10.6. The predicted molar refractivity (Wildman–Crippen MR) is 67.3 cm³/mol. The Morgan fingerprint density at radius 2 is 2.39 bits per heavy atom. The van der Waals surface area contributed by atoms with Gasteiger partial charge in [0, 0.05) is 10.9 Å². The van der Waals surface area contributed by atoms with E-state index >= 15 is 0 Å². The SMILES string of the molecule is N#CCc1nc(-c2ccc3oc(=O)[nH]c3c2)cs1. The fourth-order valence-corrected chi connectivity index (χ4v) is 2.44. The van der Waals surface area contributed by atoms with Crippen LogP contribution < -0.4 is 5.76 Å². The van der Waals surface area contributed by atoms with Crippen molar-refractivity contribution < 1.29 is 4.42 Å². The van der Waals surface area contributed by atoms with Gasteiger partial charge in [-0.05, 0) is 18.2 Å². The molecular weight excluding hydrogens is 250 g/mol. The minimum atomic E-state index is -0.467. The summed E-state index contributed by atoms with van der Waals surface area (Å²) in [5.41, 5.74) is 2.86. The first-order chi connectivity index (χ1) is 8.76. The van der Waals surface area contributed by atoms with Crippen LogP contribution in [0.15, 0.2) is 32.8 Å². The van der Waals surface area contributed by atoms with Gasteiger partial charge in [-0.1, -0.05) is 0 Å². The van der Waals surface area contributed by atoms with Crippen LogP contribution in [-0.4, -0.2) is 9.97 Å². The molecule has 2 heterocycles. The van der Waals surface area contributed by atoms with Gasteiger partial charge in [-0.3, -0.25) is 4.98 Å². The van der Waals surface area contributed by atoms with Crippen molar-refractivity contribution in [1.82, 2.24) is 9.97 Å². The maximum absolute atomic E-state index is 11.1. The van der Waals surface area contributed by atoms with E-state index in [4.69, 9.17) is 9.68 Å². The van der Waals surface area contributed by atoms with Gasteiger partial charge in [0.25, 0.3) is 0 Å². The second kappa shape index (κ2) is 4.13. The number of fused-ring (bicyclic) bond motifs is 1. The maximum atomic E-state index is 11.1. The number of thiazole rings is 1. The van der Waals surface area contributed by atoms with E-state index in [1.54, 1.807) is 6.07 Å². The fraction of sp³-hybridized carbons (Fsp3) is 0.0833. The molecule has 0 unspecified atom stereocenters. The number of nitriles is 1. The van der Waals surface area contributed by atoms with Crippen LogP contribution in [0.25, 0.3) is 22.4 Å². The molecule has 0 amide bonds. The first-order valence-electron chi connectivity index (χ1n) is 5.21. The third-order valence-electron chi connectivity index (χ3n) is 2.50. The highest BCUT2D eigenvalue weighted by Crippen LogP contribution is 2.24. The fourth-order valence-electron chi connectivity index (χ4n) is 1.70. The van der Waals surface area contributed by atoms with Crippen molar-refractivity contribution in [2.24, 2.45) is 0 Å². The smallest absolute Gasteiger partial charge is 0.408 e. The Morgan fingerprint density at radius 3 is 3.22 bits per heavy atom. The topological polar surface area (TPSA) is 82.7 Å². The molecule has 0 saturated carbocycles. The van der Waals surface area contributed by atoms with Crippen LogP contribution in [0, 0.1) is 11.3 Å². The van der Waals surface area contributed by atoms with Crippen LogP contribution in [0.5, 0.6) is 0 Å². The summed E-state index contributed by atoms with van der Waals surface area (Å²) in [6.07, 6.45) is 0.315. The quantitative estimate of drug-likeness (QED) is 0.763. The molecule has 1 N–H and O–H groups in total. The molecule has 0 radical (unpaired) electrons. The lowest BCUT2D eigenvalue weighted by Crippen LogP contribution is -1.92. The Balaban J connectivity index is 2.07. The van der Waals surface area contributed by atoms with Crippen LogP contribution in [-0.2, 0) is 6.42 Å². The van der Waals surface area contributed by atoms with Crippen molar-refractivity contribution in [3.63, 3.8) is 0 Å². The summed E-state index contributed by atoms with van der Waals surface area (Å²) >= 11 is 1.45. The molecule has 88 valence electrons. The van der Waals surface area contributed by atoms with E-state index in [0.29, 0.717) is 17.5 Å². The lowest BCUT2D eigenvalue weighted by molar-refractivity contribution is 0.555. The average molecular weight is 257 g/mol. The molecule has 0 spiro atoms. The van der Waals surface area contributed by atoms with Gasteiger partial charge in [-0.2, -0.15) is 5.26 Å². The van der Waals surface area contributed by atoms with Gasteiger partial charge in [-0.25, -0.2) is 9.78 Å². The Hall–Kier alpha value is -2.39. The summed E-state index contributed by atoms with van der Waals surface area (Å²) in [7, 11) is 0. The minimum absolute atomic E-state index is 0.315. The Kier molecular flexibility index (Phi) is 2.46. The average Bonchev–Trinajstić information content (AvgIpc) is 2.93. The molecule has 5 nitrogen and oxygen atoms in total. The van der Waals surface area contributed by atoms with E-state index in [2.05, 4.69) is 16.0 Å². The lowest BCUT2D eigenvalue weighted by atomic mass is 10.1. The van der Waals surface area contributed by atoms with Crippen molar-refractivity contribution in [2.45, 2.75) is 6.42 Å². The summed E-state index contributed by atoms with van der Waals surface area (Å²) in [6.45, 7) is 0. The van der Waals surface area contributed by atoms with Crippen LogP contribution in [0.4, 0.5) is 0 Å². The van der Waals surface area contributed by atoms with E-state index in [1.807, 2.05) is 17.5 Å². The van der Waals surface area contributed by atoms with E-state index in [-0.39, 0.29) is 0 Å². The molecule has 0 atom stereocenters. The molecule has 2 aromatic heterocycles. The van der Waals surface area contributed by atoms with E-state index in [0.717, 1.165) is 16.3 Å². The van der Waals surface area contributed by atoms with Gasteiger partial charge in [0.15, 0.2) is 5.58 Å². The van der Waals surface area contributed by atoms with Crippen molar-refractivity contribution in [3.8, 4) is 17.3 Å². The molecule has 0 bridgehead atoms. The number of nitrogens with one attached hydrogen (secondary N) is 1. The predicted octanol–water partition coefficient (Wildman–Crippen LogP) is 2.31. The van der Waals surface area contributed by atoms with Gasteiger partial charge < -0.3 is 4.42 Å². The minimum Gasteiger partial charge on any atom is -0.408 e. The number of nitrogens with zero attached hydrogens (tertiary/aromatic N) is 2. The number of aromatic amines is 1. The third kappa shape index (κ3) is 1.81. The molecule has 6 heteroatoms. The van der Waals surface area contributed by atoms with Crippen molar-refractivity contribution in [1.29, 1.82) is 5.26 Å². The second-order valence-electron chi connectivity index (χ2n) is 3.69. The van der Waals surface area contributed by atoms with Gasteiger partial charge in [0.2, 0.25) is 0 Å². The van der Waals surface area contributed by atoms with Gasteiger partial charge in [-0.15, -0.1) is 11.3 Å². The maximum Gasteiger partial charge on any atom is 0.417 e. The number of hydrogen-bond acceptors (Lipinski definition) is 5. The van der Waals surface area contributed by atoms with Gasteiger partial charge in [0.1, 0.15) is 5.01 Å². The van der Waals surface area contributed by atoms with E-state index in [1.165, 1.54) is 11.3 Å². The highest BCUT2D eigenvalue weighted by molar-refractivity contribution is 7.10. The van der Waals surface area contributed by atoms with Crippen molar-refractivity contribution in [2.75, 3.05) is 0 Å². The summed E-state index contributed by atoms with van der Waals surface area (Å²) in [5, 5.41) is 11.3. The number of benzene rings is 1. The van der Waals surface area contributed by atoms with Gasteiger partial charge >= 0.3 is 5.76 Å². The third-order valence-corrected chi connectivity index (χ3v) is 3.35. The van der Waals surface area contributed by atoms with Crippen LogP contribution in [0.1, 0.15) is 5.01 Å². The molecular formula is C12H7N3O2S. The first-order valence-corrected chi connectivity index (χ1v) is 6.09. The number of aromatic nitrogens is 2. The highest BCUT2D eigenvalue weighted by Gasteiger charge is 2.07. The summed E-state index contributed by atoms with van der Waals surface area (Å²) in [6, 6.07) is 7.44. The molecule has 3 rings (SSSR count). The van der Waals surface area contributed by atoms with Crippen molar-refractivity contribution in [3.05, 3.63) is 39.1 Å². The molecule has 1 aromatic carbocycles. The van der Waals surface area contributed by atoms with Crippen LogP contribution in [0.2, 0.25) is 0 Å². The Morgan fingerprint density at radius 1 is 1.50 bits per heavy atom. The van der Waals surface area contributed by atoms with Crippen LogP contribution in [0.3, 0.4) is 0 Å². The zero-order valence-corrected chi connectivity index (χ0v) is 9.95. The Bertz CT molecular complexity index is 806. The molecule has 18 heavy (non-hydrogen) atoms. The van der Waals surface area contributed by atoms with Crippen LogP contribution >= 0.6 is 11.3 Å². The number of H-pyrrole nitrogens is 1. The monoisotopic (exact) mass is 257 g/mol. The lowest BCUT2D eigenvalue weighted by Gasteiger charge is -1.95. The van der Waals surface area contributed by atoms with Crippen molar-refractivity contribution >= 4 is 22.4 Å². The highest BCUT2D eigenvalue weighted by atomic mass is 32.1. The van der Waals surface area contributed by atoms with E-state index in [9.17, 15) is 4.79 Å². The first kappa shape index (κ1) is 10.7. The summed E-state index contributed by atoms with van der Waals surface area (Å²) in [4.78, 5) is 18.0. The number of oxazole rings is 1. The molecule has 0 fully saturated rings. The molecule has 0 aliphatic carbocycles. The zero-order valence-electron chi connectivity index (χ0n) is 9.14. The molecule has 0 saturated heterocycles. The van der Waals surface area contributed by atoms with Gasteiger partial charge in [0.05, 0.1) is 23.7 Å². The summed E-state index contributed by atoms with van der Waals surface area (Å²) < 4.78 is 4.93. The van der Waals surface area contributed by atoms with E-state index < -0.39 is 5.76 Å². The Labute approximate surface area is 105 Å². The number of rotatable bonds is 2.